The van der Waals surface area contributed by atoms with Gasteiger partial charge in [-0.3, -0.25) is 0 Å². The van der Waals surface area contributed by atoms with Crippen molar-refractivity contribution in [3.8, 4) is 89.3 Å². The maximum absolute atomic E-state index is 2.99. The molecule has 1 aliphatic heterocycles. The first-order valence-corrected chi connectivity index (χ1v) is 40.8. The molecule has 526 valence electrons. The zero-order valence-electron chi connectivity index (χ0n) is 64.1. The van der Waals surface area contributed by atoms with E-state index in [0.717, 1.165) is 12.8 Å². The van der Waals surface area contributed by atoms with Crippen LogP contribution in [0.5, 0.6) is 0 Å². The summed E-state index contributed by atoms with van der Waals surface area (Å²) in [6, 6.07) is 94.4. The van der Waals surface area contributed by atoms with Crippen molar-refractivity contribution in [1.29, 1.82) is 0 Å². The van der Waals surface area contributed by atoms with E-state index in [2.05, 4.69) is 375 Å². The second-order valence-electron chi connectivity index (χ2n) is 30.5. The van der Waals surface area contributed by atoms with Crippen molar-refractivity contribution in [2.75, 3.05) is 76.0 Å². The molecule has 0 fully saturated rings. The third kappa shape index (κ3) is 13.4. The minimum atomic E-state index is -2.99. The lowest BCUT2D eigenvalue weighted by molar-refractivity contribution is 0.468. The topological polar surface area (TPSA) is 21.8 Å². The van der Waals surface area contributed by atoms with Gasteiger partial charge in [-0.1, -0.05) is 194 Å². The van der Waals surface area contributed by atoms with Crippen molar-refractivity contribution < 1.29 is 0 Å². The molecule has 14 rings (SSSR count). The number of hydrogen-bond acceptors (Lipinski definition) is 4. The normalized spacial score (nSPS) is 13.1. The van der Waals surface area contributed by atoms with Gasteiger partial charge in [-0.25, -0.2) is 0 Å². The predicted octanol–water partition coefficient (Wildman–Crippen LogP) is 23.7. The van der Waals surface area contributed by atoms with E-state index in [-0.39, 0.29) is 0 Å². The second-order valence-corrected chi connectivity index (χ2v) is 34.6. The summed E-state index contributed by atoms with van der Waals surface area (Å²) in [5.41, 5.74) is 33.5. The van der Waals surface area contributed by atoms with Gasteiger partial charge in [-0.05, 0) is 214 Å². The van der Waals surface area contributed by atoms with Gasteiger partial charge in [0.05, 0.1) is 45.0 Å². The van der Waals surface area contributed by atoms with Crippen LogP contribution in [0.25, 0.3) is 100 Å². The van der Waals surface area contributed by atoms with Crippen LogP contribution in [0.2, 0.25) is 12.1 Å². The highest BCUT2D eigenvalue weighted by Gasteiger charge is 2.53. The van der Waals surface area contributed by atoms with Gasteiger partial charge in [-0.2, -0.15) is 0 Å². The van der Waals surface area contributed by atoms with Crippen LogP contribution < -0.4 is 30.0 Å². The van der Waals surface area contributed by atoms with Crippen molar-refractivity contribution in [2.45, 2.75) is 105 Å². The number of benzene rings is 9. The van der Waals surface area contributed by atoms with Gasteiger partial charge in [0.25, 0.3) is 0 Å². The average molecular weight is 1380 g/mol. The standard InChI is InChI=1S/C97H105N6Si/c1-15-19-30-68(17-3)64-104(65-69(18-4)31-20-16-2)88-62-78(96-93(72-32-23-21-24-33-72)91(74-40-50-82(51-41-74)100(11)12)86-60-76(56-58-102(86)96)70-36-46-80(47-37-70)98(7)8)44-54-84(88)95(90-66(5)28-27-29-67(90)6)85-55-45-79(63-89(85)104)97-94(73-34-25-22-26-35-73)92(75-42-52-83(53-43-75)101(13)14)87-61-77(57-59-103(87)97)71-38-48-81(49-39-71)99(9)10/h21-29,32-63,68-69H,15-20,30-31,64-65H2,1-14H3/q+1. The zero-order valence-corrected chi connectivity index (χ0v) is 65.1. The molecule has 13 aromatic rings. The Morgan fingerprint density at radius 3 is 1.01 bits per heavy atom. The van der Waals surface area contributed by atoms with E-state index in [1.54, 1.807) is 10.4 Å². The first kappa shape index (κ1) is 70.8. The van der Waals surface area contributed by atoms with E-state index in [1.807, 2.05) is 0 Å². The number of nitrogens with zero attached hydrogens (tertiary/aromatic N) is 6. The molecule has 7 heteroatoms. The number of hydrogen-bond donors (Lipinski definition) is 0. The van der Waals surface area contributed by atoms with Crippen molar-refractivity contribution >= 4 is 52.2 Å². The molecule has 0 spiro atoms. The number of rotatable bonds is 25. The third-order valence-corrected chi connectivity index (χ3v) is 28.5. The number of anilines is 4. The zero-order chi connectivity index (χ0) is 72.5. The summed E-state index contributed by atoms with van der Waals surface area (Å²) >= 11 is 0. The molecule has 5 heterocycles. The van der Waals surface area contributed by atoms with Gasteiger partial charge in [0, 0.05) is 136 Å². The SMILES string of the molecule is CCCCC(CC)C[Si]1(CC(CC)CCCC)c2cc(-c3c(-c4ccccc4)c(-c4ccc(N(C)C)cc4)c4cc(-c5ccc(N(C)C)cc5)ccn34)ccc2[C+](c2c(C)cccc2C)c2ccc(-c3c(-c4ccccc4)c(-c4ccc(N(C)C)cc4)c4cc(-c5ccc(N(C)C)cc5)ccn34)cc21. The van der Waals surface area contributed by atoms with Crippen molar-refractivity contribution in [3.05, 3.63) is 283 Å². The van der Waals surface area contributed by atoms with Crippen LogP contribution in [0, 0.1) is 31.6 Å². The Balaban J connectivity index is 1.11. The maximum Gasteiger partial charge on any atom is 0.177 e. The lowest BCUT2D eigenvalue weighted by atomic mass is 9.79. The molecule has 0 aliphatic carbocycles. The van der Waals surface area contributed by atoms with E-state index in [0.29, 0.717) is 11.8 Å². The molecule has 0 saturated carbocycles. The second kappa shape index (κ2) is 30.2. The molecule has 2 atom stereocenters. The van der Waals surface area contributed by atoms with Gasteiger partial charge in [0.1, 0.15) is 0 Å². The van der Waals surface area contributed by atoms with Crippen molar-refractivity contribution in [2.24, 2.45) is 11.8 Å². The van der Waals surface area contributed by atoms with E-state index in [4.69, 9.17) is 0 Å². The van der Waals surface area contributed by atoms with Crippen LogP contribution >= 0.6 is 0 Å². The Labute approximate surface area is 622 Å². The minimum Gasteiger partial charge on any atom is -0.378 e. The molecule has 0 amide bonds. The van der Waals surface area contributed by atoms with Gasteiger partial charge >= 0.3 is 0 Å². The number of fused-ring (bicyclic) bond motifs is 4. The molecule has 2 unspecified atom stereocenters. The van der Waals surface area contributed by atoms with Gasteiger partial charge in [0.15, 0.2) is 8.07 Å². The summed E-state index contributed by atoms with van der Waals surface area (Å²) in [7, 11) is 14.0. The number of aromatic nitrogens is 2. The van der Waals surface area contributed by atoms with Gasteiger partial charge in [0.2, 0.25) is 0 Å². The lowest BCUT2D eigenvalue weighted by Crippen LogP contribution is -2.65. The highest BCUT2D eigenvalue weighted by molar-refractivity contribution is 7.03. The number of aryl methyl sites for hydroxylation is 2. The van der Waals surface area contributed by atoms with Crippen molar-refractivity contribution in [1.82, 2.24) is 8.80 Å². The smallest absolute Gasteiger partial charge is 0.177 e. The summed E-state index contributed by atoms with van der Waals surface area (Å²) in [5, 5.41) is 3.20. The molecular formula is C97H105N6Si+. The van der Waals surface area contributed by atoms with Crippen LogP contribution in [0.1, 0.15) is 107 Å². The minimum absolute atomic E-state index is 0.534. The first-order valence-electron chi connectivity index (χ1n) is 38.3. The van der Waals surface area contributed by atoms with Crippen LogP contribution in [0.15, 0.2) is 249 Å². The molecule has 4 aromatic heterocycles. The average Bonchev–Trinajstić information content (AvgIpc) is 1.05. The summed E-state index contributed by atoms with van der Waals surface area (Å²) < 4.78 is 5.13. The molecule has 0 N–H and O–H groups in total. The molecule has 104 heavy (non-hydrogen) atoms. The number of unbranched alkanes of at least 4 members (excludes halogenated alkanes) is 2. The van der Waals surface area contributed by atoms with Crippen LogP contribution in [0.4, 0.5) is 22.7 Å². The molecule has 0 saturated heterocycles. The maximum atomic E-state index is 2.81. The molecule has 6 nitrogen and oxygen atoms in total. The Hall–Kier alpha value is -10.2. The Bertz CT molecular complexity index is 4830. The van der Waals surface area contributed by atoms with Gasteiger partial charge in [-0.15, -0.1) is 0 Å². The van der Waals surface area contributed by atoms with Crippen LogP contribution in [0.3, 0.4) is 0 Å². The quantitative estimate of drug-likeness (QED) is 0.0420. The Kier molecular flexibility index (Phi) is 20.6. The van der Waals surface area contributed by atoms with E-state index in [9.17, 15) is 0 Å². The monoisotopic (exact) mass is 1380 g/mol. The Morgan fingerprint density at radius 2 is 0.673 bits per heavy atom. The molecular weight excluding hydrogens is 1280 g/mol. The van der Waals surface area contributed by atoms with Gasteiger partial charge < -0.3 is 28.4 Å². The molecule has 9 aromatic carbocycles. The largest absolute Gasteiger partial charge is 0.378 e. The molecule has 0 bridgehead atoms. The van der Waals surface area contributed by atoms with E-state index >= 15 is 0 Å². The highest BCUT2D eigenvalue weighted by atomic mass is 28.3. The summed E-state index contributed by atoms with van der Waals surface area (Å²) in [6.45, 7) is 14.5. The summed E-state index contributed by atoms with van der Waals surface area (Å²) in [6.07, 6.45) is 14.3. The number of pyridine rings is 2. The fourth-order valence-electron chi connectivity index (χ4n) is 17.3. The van der Waals surface area contributed by atoms with Crippen molar-refractivity contribution in [3.63, 3.8) is 0 Å². The third-order valence-electron chi connectivity index (χ3n) is 23.0. The Morgan fingerprint density at radius 1 is 0.337 bits per heavy atom. The van der Waals surface area contributed by atoms with Crippen LogP contribution in [-0.4, -0.2) is 73.3 Å². The fourth-order valence-corrected chi connectivity index (χ4v) is 23.9. The highest BCUT2D eigenvalue weighted by Crippen LogP contribution is 2.52. The van der Waals surface area contributed by atoms with E-state index < -0.39 is 8.07 Å². The molecule has 0 radical (unpaired) electrons. The lowest BCUT2D eigenvalue weighted by Gasteiger charge is -2.43. The summed E-state index contributed by atoms with van der Waals surface area (Å²) in [5.74, 6) is 2.44. The van der Waals surface area contributed by atoms with Crippen LogP contribution in [-0.2, 0) is 0 Å². The van der Waals surface area contributed by atoms with E-state index in [1.165, 1.54) is 207 Å². The predicted molar refractivity (Wildman–Crippen MR) is 453 cm³/mol. The first-order chi connectivity index (χ1) is 50.5. The molecule has 1 aliphatic rings. The summed E-state index contributed by atoms with van der Waals surface area (Å²) in [4.78, 5) is 8.78. The fraction of sp³-hybridized carbons (Fsp3) is 0.268.